The van der Waals surface area contributed by atoms with Crippen LogP contribution in [0.1, 0.15) is 79.7 Å². The van der Waals surface area contributed by atoms with Crippen molar-refractivity contribution in [1.29, 1.82) is 0 Å². The first kappa shape index (κ1) is 35.5. The van der Waals surface area contributed by atoms with Gasteiger partial charge in [-0.2, -0.15) is 26.3 Å². The maximum Gasteiger partial charge on any atom is 0.416 e. The zero-order valence-electron chi connectivity index (χ0n) is 27.7. The van der Waals surface area contributed by atoms with Gasteiger partial charge in [0.2, 0.25) is 0 Å². The summed E-state index contributed by atoms with van der Waals surface area (Å²) in [5, 5.41) is 0.827. The normalized spacial score (nSPS) is 33.6. The molecule has 268 valence electrons. The van der Waals surface area contributed by atoms with E-state index in [2.05, 4.69) is 11.6 Å². The average molecular weight is 764 g/mol. The quantitative estimate of drug-likeness (QED) is 0.117. The molecule has 3 aromatic rings. The van der Waals surface area contributed by atoms with Crippen molar-refractivity contribution in [2.45, 2.75) is 82.4 Å². The molecule has 10 rings (SSSR count). The highest BCUT2D eigenvalue weighted by molar-refractivity contribution is 5.83. The molecular weight excluding hydrogens is 722 g/mol. The van der Waals surface area contributed by atoms with E-state index in [0.29, 0.717) is 37.3 Å². The van der Waals surface area contributed by atoms with Crippen LogP contribution in [0, 0.1) is 35.0 Å². The Hall–Kier alpha value is -2.92. The van der Waals surface area contributed by atoms with Gasteiger partial charge in [-0.1, -0.05) is 24.3 Å². The second kappa shape index (κ2) is 12.6. The molecule has 2 aromatic carbocycles. The molecule has 0 spiro atoms. The largest absolute Gasteiger partial charge is 1.00 e. The molecule has 0 amide bonds. The van der Waals surface area contributed by atoms with Gasteiger partial charge in [0.25, 0.3) is 0 Å². The van der Waals surface area contributed by atoms with Crippen LogP contribution in [0.15, 0.2) is 67.4 Å². The summed E-state index contributed by atoms with van der Waals surface area (Å²) in [5.74, 6) is 1.60. The van der Waals surface area contributed by atoms with Gasteiger partial charge in [0.1, 0.15) is 12.6 Å². The summed E-state index contributed by atoms with van der Waals surface area (Å²) < 4.78 is 91.0. The Labute approximate surface area is 298 Å². The Kier molecular flexibility index (Phi) is 8.97. The number of fused-ring (bicyclic) bond motifs is 4. The summed E-state index contributed by atoms with van der Waals surface area (Å²) in [6, 6.07) is 11.0. The highest BCUT2D eigenvalue weighted by Gasteiger charge is 2.59. The lowest BCUT2D eigenvalue weighted by molar-refractivity contribution is -0.984. The maximum absolute atomic E-state index is 14.6. The predicted octanol–water partition coefficient (Wildman–Crippen LogP) is 6.69. The molecule has 0 N–H and O–H groups in total. The van der Waals surface area contributed by atoms with Crippen molar-refractivity contribution in [1.82, 2.24) is 4.98 Å². The number of piperidine rings is 3. The maximum atomic E-state index is 14.6. The third-order valence-electron chi connectivity index (χ3n) is 12.9. The van der Waals surface area contributed by atoms with E-state index in [4.69, 9.17) is 4.74 Å². The van der Waals surface area contributed by atoms with Crippen molar-refractivity contribution in [3.05, 3.63) is 89.6 Å². The van der Waals surface area contributed by atoms with Crippen molar-refractivity contribution in [3.8, 4) is 0 Å². The van der Waals surface area contributed by atoms with E-state index in [0.717, 1.165) is 73.5 Å². The average Bonchev–Trinajstić information content (AvgIpc) is 3.05. The van der Waals surface area contributed by atoms with Crippen LogP contribution >= 0.6 is 0 Å². The number of rotatable bonds is 7. The molecule has 4 saturated carbocycles. The van der Waals surface area contributed by atoms with Gasteiger partial charge in [-0.15, -0.1) is 6.58 Å². The van der Waals surface area contributed by atoms with E-state index in [1.54, 1.807) is 6.20 Å². The summed E-state index contributed by atoms with van der Waals surface area (Å²) in [5.41, 5.74) is -1.69. The van der Waals surface area contributed by atoms with Gasteiger partial charge >= 0.3 is 18.3 Å². The van der Waals surface area contributed by atoms with Crippen LogP contribution < -0.4 is 17.0 Å². The second-order valence-corrected chi connectivity index (χ2v) is 15.9. The summed E-state index contributed by atoms with van der Waals surface area (Å²) in [4.78, 5) is 19.2. The number of esters is 1. The smallest absolute Gasteiger partial charge is 0.416 e. The molecule has 4 unspecified atom stereocenters. The number of nitrogens with zero attached hydrogens (tertiary/aromatic N) is 2. The molecule has 4 heterocycles. The number of benzene rings is 2. The molecule has 11 heteroatoms. The van der Waals surface area contributed by atoms with Gasteiger partial charge in [-0.25, -0.2) is 0 Å². The molecule has 3 saturated heterocycles. The zero-order valence-corrected chi connectivity index (χ0v) is 29.2. The Morgan fingerprint density at radius 3 is 2.16 bits per heavy atom. The second-order valence-electron chi connectivity index (χ2n) is 15.9. The van der Waals surface area contributed by atoms with E-state index in [1.165, 1.54) is 0 Å². The molecule has 4 aliphatic carbocycles. The van der Waals surface area contributed by atoms with E-state index in [-0.39, 0.29) is 63.5 Å². The van der Waals surface area contributed by atoms with E-state index in [1.807, 2.05) is 36.4 Å². The first-order valence-electron chi connectivity index (χ1n) is 17.6. The standard InChI is InChI=1S/C39H41F6N2O2.BrH/c1-2-27-22-47(21-26-14-29(38(40,41)42)17-30(15-26)39(43,44)45)10-8-28(27)16-34(47)35(32-7-9-46-33-6-4-3-5-31(32)33)49-36(48)37-18-23-11-24(19-37)13-25(12-23)20-37;/h2-7,9,14-15,17,23-25,27-28,34-35H,1,8,10-13,16,18-22H2;1H/q+1;/p-1/t23?,24?,25?,27?,28?,34?,35?,37?,47-;/m1./s1. The van der Waals surface area contributed by atoms with Crippen LogP contribution in [0.2, 0.25) is 0 Å². The number of hydrogen-bond acceptors (Lipinski definition) is 3. The van der Waals surface area contributed by atoms with E-state index >= 15 is 0 Å². The van der Waals surface area contributed by atoms with Crippen molar-refractivity contribution < 1.29 is 57.3 Å². The van der Waals surface area contributed by atoms with Gasteiger partial charge in [0, 0.05) is 41.5 Å². The van der Waals surface area contributed by atoms with Crippen LogP contribution in [0.3, 0.4) is 0 Å². The lowest BCUT2D eigenvalue weighted by atomic mass is 9.49. The number of halogens is 7. The Balaban J connectivity index is 0.00000392. The van der Waals surface area contributed by atoms with Crippen molar-refractivity contribution >= 4 is 16.9 Å². The number of hydrogen-bond donors (Lipinski definition) is 0. The number of para-hydroxylation sites is 1. The number of carbonyl (C=O) groups excluding carboxylic acids is 1. The minimum atomic E-state index is -4.94. The number of carbonyl (C=O) groups is 1. The Bertz CT molecular complexity index is 1720. The molecule has 4 nitrogen and oxygen atoms in total. The number of pyridine rings is 1. The number of alkyl halides is 6. The predicted molar refractivity (Wildman–Crippen MR) is 172 cm³/mol. The fourth-order valence-corrected chi connectivity index (χ4v) is 11.2. The van der Waals surface area contributed by atoms with Crippen LogP contribution in [-0.4, -0.2) is 34.6 Å². The van der Waals surface area contributed by atoms with Crippen molar-refractivity contribution in [3.63, 3.8) is 0 Å². The van der Waals surface area contributed by atoms with E-state index in [9.17, 15) is 31.1 Å². The van der Waals surface area contributed by atoms with Crippen LogP contribution in [0.25, 0.3) is 10.9 Å². The lowest BCUT2D eigenvalue weighted by Gasteiger charge is -2.59. The van der Waals surface area contributed by atoms with Gasteiger partial charge in [-0.05, 0) is 92.5 Å². The number of aromatic nitrogens is 1. The third kappa shape index (κ3) is 6.18. The highest BCUT2D eigenvalue weighted by Crippen LogP contribution is 2.61. The van der Waals surface area contributed by atoms with Crippen LogP contribution in [0.4, 0.5) is 26.3 Å². The fourth-order valence-electron chi connectivity index (χ4n) is 11.2. The molecule has 7 aliphatic rings. The summed E-state index contributed by atoms with van der Waals surface area (Å²) >= 11 is 0. The zero-order chi connectivity index (χ0) is 34.3. The molecule has 3 aliphatic heterocycles. The van der Waals surface area contributed by atoms with Crippen molar-refractivity contribution in [2.75, 3.05) is 13.1 Å². The minimum Gasteiger partial charge on any atom is -1.00 e. The Morgan fingerprint density at radius 2 is 1.56 bits per heavy atom. The fraction of sp³-hybridized carbons (Fsp3) is 0.538. The topological polar surface area (TPSA) is 39.2 Å². The van der Waals surface area contributed by atoms with Gasteiger partial charge < -0.3 is 26.2 Å². The van der Waals surface area contributed by atoms with E-state index < -0.39 is 35.0 Å². The first-order chi connectivity index (χ1) is 23.2. The first-order valence-corrected chi connectivity index (χ1v) is 17.6. The lowest BCUT2D eigenvalue weighted by Crippen LogP contribution is -3.00. The molecular formula is C39H41BrF6N2O2. The Morgan fingerprint density at radius 1 is 0.940 bits per heavy atom. The van der Waals surface area contributed by atoms with Crippen LogP contribution in [-0.2, 0) is 28.4 Å². The number of ether oxygens (including phenoxy) is 1. The monoisotopic (exact) mass is 762 g/mol. The molecule has 0 radical (unpaired) electrons. The molecule has 6 bridgehead atoms. The van der Waals surface area contributed by atoms with Gasteiger partial charge in [0.15, 0.2) is 6.10 Å². The molecule has 1 aromatic heterocycles. The molecule has 7 fully saturated rings. The number of quaternary nitrogens is 1. The molecule has 50 heavy (non-hydrogen) atoms. The van der Waals surface area contributed by atoms with Gasteiger partial charge in [0.05, 0.1) is 35.1 Å². The van der Waals surface area contributed by atoms with Gasteiger partial charge in [-0.3, -0.25) is 9.78 Å². The summed E-state index contributed by atoms with van der Waals surface area (Å²) in [6.07, 6.45) is 0.224. The van der Waals surface area contributed by atoms with Crippen LogP contribution in [0.5, 0.6) is 0 Å². The van der Waals surface area contributed by atoms with Crippen molar-refractivity contribution in [2.24, 2.45) is 35.0 Å². The SMILES string of the molecule is C=CC1C[N@+]2(Cc3cc(C(F)(F)F)cc(C(F)(F)F)c3)CCC1CC2C(OC(=O)C12CC3CC(CC(C3)C1)C2)c1ccnc2ccccc12.[Br-]. The third-order valence-corrected chi connectivity index (χ3v) is 12.9. The summed E-state index contributed by atoms with van der Waals surface area (Å²) in [6.45, 7) is 5.04. The summed E-state index contributed by atoms with van der Waals surface area (Å²) in [7, 11) is 0. The minimum absolute atomic E-state index is 0. The highest BCUT2D eigenvalue weighted by atomic mass is 79.9. The molecule has 5 atom stereocenters.